The first-order valence-electron chi connectivity index (χ1n) is 6.61. The number of piperazine rings is 1. The molecule has 2 fully saturated rings. The summed E-state index contributed by atoms with van der Waals surface area (Å²) in [5.74, 6) is 0. The molecule has 2 aliphatic rings. The fraction of sp³-hybridized carbons (Fsp3) is 0.571. The molecule has 0 atom stereocenters. The molecule has 1 aromatic carbocycles. The predicted molar refractivity (Wildman–Crippen MR) is 80.9 cm³/mol. The molecule has 4 heteroatoms. The Balaban J connectivity index is 1.71. The summed E-state index contributed by atoms with van der Waals surface area (Å²) >= 11 is 9.62. The van der Waals surface area contributed by atoms with Crippen LogP contribution in [-0.4, -0.2) is 37.1 Å². The van der Waals surface area contributed by atoms with E-state index in [1.807, 2.05) is 6.07 Å². The van der Waals surface area contributed by atoms with Crippen molar-refractivity contribution in [2.75, 3.05) is 31.1 Å². The van der Waals surface area contributed by atoms with E-state index in [4.69, 9.17) is 11.6 Å². The van der Waals surface area contributed by atoms with E-state index < -0.39 is 0 Å². The lowest BCUT2D eigenvalue weighted by Crippen LogP contribution is -2.47. The number of hydrogen-bond acceptors (Lipinski definition) is 2. The van der Waals surface area contributed by atoms with Crippen LogP contribution in [0.2, 0.25) is 5.02 Å². The van der Waals surface area contributed by atoms with E-state index in [2.05, 4.69) is 37.9 Å². The fourth-order valence-corrected chi connectivity index (χ4v) is 3.38. The number of anilines is 1. The Morgan fingerprint density at radius 2 is 1.89 bits per heavy atom. The van der Waals surface area contributed by atoms with Gasteiger partial charge in [-0.25, -0.2) is 0 Å². The third-order valence-electron chi connectivity index (χ3n) is 3.90. The van der Waals surface area contributed by atoms with Crippen LogP contribution in [0.25, 0.3) is 0 Å². The van der Waals surface area contributed by atoms with Crippen LogP contribution < -0.4 is 4.90 Å². The van der Waals surface area contributed by atoms with Crippen molar-refractivity contribution in [1.82, 2.24) is 4.90 Å². The number of alkyl halides is 1. The van der Waals surface area contributed by atoms with Crippen LogP contribution in [0, 0.1) is 0 Å². The van der Waals surface area contributed by atoms with Crippen molar-refractivity contribution in [3.63, 3.8) is 0 Å². The van der Waals surface area contributed by atoms with E-state index in [0.717, 1.165) is 29.5 Å². The van der Waals surface area contributed by atoms with Gasteiger partial charge in [0.2, 0.25) is 0 Å². The maximum absolute atomic E-state index is 6.06. The zero-order valence-electron chi connectivity index (χ0n) is 10.4. The highest BCUT2D eigenvalue weighted by molar-refractivity contribution is 9.08. The molecule has 1 aliphatic carbocycles. The van der Waals surface area contributed by atoms with Gasteiger partial charge in [-0.3, -0.25) is 4.90 Å². The monoisotopic (exact) mass is 328 g/mol. The minimum Gasteiger partial charge on any atom is -0.369 e. The van der Waals surface area contributed by atoms with Crippen LogP contribution in [0.5, 0.6) is 0 Å². The average Bonchev–Trinajstić information content (AvgIpc) is 3.23. The molecule has 2 nitrogen and oxygen atoms in total. The second-order valence-electron chi connectivity index (χ2n) is 5.16. The zero-order chi connectivity index (χ0) is 12.5. The Labute approximate surface area is 122 Å². The molecule has 1 aliphatic heterocycles. The fourth-order valence-electron chi connectivity index (χ4n) is 2.74. The lowest BCUT2D eigenvalue weighted by atomic mass is 10.1. The third-order valence-corrected chi connectivity index (χ3v) is 4.74. The van der Waals surface area contributed by atoms with Gasteiger partial charge in [-0.15, -0.1) is 0 Å². The molecule has 0 radical (unpaired) electrons. The normalized spacial score (nSPS) is 21.3. The number of halogens is 2. The number of rotatable bonds is 3. The van der Waals surface area contributed by atoms with Gasteiger partial charge in [0.1, 0.15) is 0 Å². The standard InChI is InChI=1S/C14H18BrClN2/c15-10-11-9-12(16)1-4-14(11)18-7-5-17(6-8-18)13-2-3-13/h1,4,9,13H,2-3,5-8,10H2. The Morgan fingerprint density at radius 1 is 1.17 bits per heavy atom. The summed E-state index contributed by atoms with van der Waals surface area (Å²) in [4.78, 5) is 5.13. The molecule has 0 bridgehead atoms. The van der Waals surface area contributed by atoms with Crippen LogP contribution in [0.1, 0.15) is 18.4 Å². The summed E-state index contributed by atoms with van der Waals surface area (Å²) < 4.78 is 0. The maximum atomic E-state index is 6.06. The second-order valence-corrected chi connectivity index (χ2v) is 6.16. The van der Waals surface area contributed by atoms with Gasteiger partial charge < -0.3 is 4.90 Å². The minimum absolute atomic E-state index is 0.824. The van der Waals surface area contributed by atoms with E-state index in [0.29, 0.717) is 0 Å². The van der Waals surface area contributed by atoms with Gasteiger partial charge in [-0.05, 0) is 36.6 Å². The Morgan fingerprint density at radius 3 is 2.50 bits per heavy atom. The quantitative estimate of drug-likeness (QED) is 0.783. The SMILES string of the molecule is Clc1ccc(N2CCN(C3CC3)CC2)c(CBr)c1. The van der Waals surface area contributed by atoms with E-state index >= 15 is 0 Å². The Hall–Kier alpha value is -0.250. The van der Waals surface area contributed by atoms with E-state index in [9.17, 15) is 0 Å². The lowest BCUT2D eigenvalue weighted by molar-refractivity contribution is 0.248. The first-order chi connectivity index (χ1) is 8.78. The van der Waals surface area contributed by atoms with Crippen molar-refractivity contribution in [3.8, 4) is 0 Å². The van der Waals surface area contributed by atoms with Gasteiger partial charge in [0, 0.05) is 48.3 Å². The highest BCUT2D eigenvalue weighted by atomic mass is 79.9. The summed E-state index contributed by atoms with van der Waals surface area (Å²) in [7, 11) is 0. The van der Waals surface area contributed by atoms with Crippen LogP contribution >= 0.6 is 27.5 Å². The van der Waals surface area contributed by atoms with Crippen molar-refractivity contribution in [2.24, 2.45) is 0 Å². The summed E-state index contributed by atoms with van der Waals surface area (Å²) in [6.45, 7) is 4.68. The van der Waals surface area contributed by atoms with Gasteiger partial charge in [-0.1, -0.05) is 27.5 Å². The molecule has 0 aromatic heterocycles. The third kappa shape index (κ3) is 2.68. The van der Waals surface area contributed by atoms with Crippen molar-refractivity contribution < 1.29 is 0 Å². The molecule has 18 heavy (non-hydrogen) atoms. The Bertz CT molecular complexity index is 426. The van der Waals surface area contributed by atoms with Crippen LogP contribution in [0.3, 0.4) is 0 Å². The van der Waals surface area contributed by atoms with Gasteiger partial charge in [0.15, 0.2) is 0 Å². The lowest BCUT2D eigenvalue weighted by Gasteiger charge is -2.37. The van der Waals surface area contributed by atoms with Gasteiger partial charge in [0.05, 0.1) is 0 Å². The van der Waals surface area contributed by atoms with E-state index in [1.165, 1.54) is 37.2 Å². The molecule has 98 valence electrons. The molecular formula is C14H18BrClN2. The van der Waals surface area contributed by atoms with Crippen molar-refractivity contribution in [3.05, 3.63) is 28.8 Å². The number of nitrogens with zero attached hydrogens (tertiary/aromatic N) is 2. The molecule has 1 heterocycles. The van der Waals surface area contributed by atoms with E-state index in [-0.39, 0.29) is 0 Å². The summed E-state index contributed by atoms with van der Waals surface area (Å²) in [6.07, 6.45) is 2.82. The number of benzene rings is 1. The van der Waals surface area contributed by atoms with Crippen LogP contribution in [-0.2, 0) is 5.33 Å². The van der Waals surface area contributed by atoms with E-state index in [1.54, 1.807) is 0 Å². The molecule has 1 saturated heterocycles. The summed E-state index contributed by atoms with van der Waals surface area (Å²) in [5, 5.41) is 1.69. The molecule has 1 saturated carbocycles. The largest absolute Gasteiger partial charge is 0.369 e. The van der Waals surface area contributed by atoms with Crippen molar-refractivity contribution in [1.29, 1.82) is 0 Å². The second kappa shape index (κ2) is 5.40. The smallest absolute Gasteiger partial charge is 0.0410 e. The van der Waals surface area contributed by atoms with Crippen LogP contribution in [0.4, 0.5) is 5.69 Å². The molecule has 0 amide bonds. The molecule has 0 N–H and O–H groups in total. The highest BCUT2D eigenvalue weighted by Gasteiger charge is 2.31. The number of hydrogen-bond donors (Lipinski definition) is 0. The first kappa shape index (κ1) is 12.8. The Kier molecular flexibility index (Phi) is 3.83. The molecular weight excluding hydrogens is 312 g/mol. The topological polar surface area (TPSA) is 6.48 Å². The maximum Gasteiger partial charge on any atom is 0.0410 e. The average molecular weight is 330 g/mol. The summed E-state index contributed by atoms with van der Waals surface area (Å²) in [5.41, 5.74) is 2.63. The zero-order valence-corrected chi connectivity index (χ0v) is 12.8. The minimum atomic E-state index is 0.824. The molecule has 0 unspecified atom stereocenters. The van der Waals surface area contributed by atoms with Crippen LogP contribution in [0.15, 0.2) is 18.2 Å². The predicted octanol–water partition coefficient (Wildman–Crippen LogP) is 3.52. The highest BCUT2D eigenvalue weighted by Crippen LogP contribution is 2.30. The molecule has 0 spiro atoms. The van der Waals surface area contributed by atoms with Crippen molar-refractivity contribution >= 4 is 33.2 Å². The van der Waals surface area contributed by atoms with Gasteiger partial charge in [0.25, 0.3) is 0 Å². The molecule has 1 aromatic rings. The van der Waals surface area contributed by atoms with Gasteiger partial charge in [-0.2, -0.15) is 0 Å². The van der Waals surface area contributed by atoms with Gasteiger partial charge >= 0.3 is 0 Å². The summed E-state index contributed by atoms with van der Waals surface area (Å²) in [6, 6.07) is 7.12. The molecule has 3 rings (SSSR count). The van der Waals surface area contributed by atoms with Crippen molar-refractivity contribution in [2.45, 2.75) is 24.2 Å². The first-order valence-corrected chi connectivity index (χ1v) is 8.11.